The minimum Gasteiger partial charge on any atom is -0.400 e. The third kappa shape index (κ3) is 53.3. The molecular formula is C44H86N4O17. The zero-order chi connectivity index (χ0) is 49.0. The number of hydrogen-bond donors (Lipinski definition) is 6. The van der Waals surface area contributed by atoms with Crippen LogP contribution in [0.15, 0.2) is 0 Å². The Hall–Kier alpha value is -3.22. The Labute approximate surface area is 387 Å². The first-order valence-corrected chi connectivity index (χ1v) is 22.8. The number of unbranched alkanes of at least 4 members (excludes halogenated alkanes) is 2. The number of Topliss-reactive ketones (excluding diaryl/α,β-unsaturated/α-hetero) is 2. The van der Waals surface area contributed by atoms with Gasteiger partial charge in [0.2, 0.25) is 23.6 Å². The molecule has 21 nitrogen and oxygen atoms in total. The van der Waals surface area contributed by atoms with Gasteiger partial charge < -0.3 is 74.9 Å². The summed E-state index contributed by atoms with van der Waals surface area (Å²) in [4.78, 5) is 69.3. The highest BCUT2D eigenvalue weighted by atomic mass is 16.6. The number of amides is 4. The molecule has 0 bridgehead atoms. The van der Waals surface area contributed by atoms with Crippen LogP contribution in [0.25, 0.3) is 0 Å². The summed E-state index contributed by atoms with van der Waals surface area (Å²) in [7, 11) is 2.00. The van der Waals surface area contributed by atoms with Gasteiger partial charge in [0.1, 0.15) is 11.6 Å². The van der Waals surface area contributed by atoms with E-state index in [1.54, 1.807) is 0 Å². The minimum atomic E-state index is -0.466. The second kappa shape index (κ2) is 53.4. The number of carbonyl (C=O) groups is 6. The third-order valence-corrected chi connectivity index (χ3v) is 9.03. The Morgan fingerprint density at radius 3 is 0.831 bits per heavy atom. The third-order valence-electron chi connectivity index (χ3n) is 9.03. The van der Waals surface area contributed by atoms with Crippen LogP contribution in [0, 0.1) is 11.8 Å². The lowest BCUT2D eigenvalue weighted by Crippen LogP contribution is -2.26. The molecule has 2 unspecified atom stereocenters. The summed E-state index contributed by atoms with van der Waals surface area (Å²) in [6.07, 6.45) is 5.71. The fourth-order valence-corrected chi connectivity index (χ4v) is 5.28. The van der Waals surface area contributed by atoms with E-state index in [4.69, 9.17) is 64.3 Å². The number of aliphatic hydroxyl groups is 2. The number of aliphatic hydroxyl groups excluding tert-OH is 2. The summed E-state index contributed by atoms with van der Waals surface area (Å²) in [5.41, 5.74) is 10.2. The van der Waals surface area contributed by atoms with Crippen molar-refractivity contribution in [3.8, 4) is 0 Å². The number of carbonyl (C=O) groups excluding carboxylic acids is 6. The molecule has 0 aromatic rings. The molecule has 0 rings (SSSR count). The molecule has 0 aliphatic heterocycles. The van der Waals surface area contributed by atoms with Crippen molar-refractivity contribution in [3.05, 3.63) is 0 Å². The van der Waals surface area contributed by atoms with E-state index in [1.807, 2.05) is 13.8 Å². The Balaban J connectivity index is -0.00000932. The number of rotatable bonds is 48. The lowest BCUT2D eigenvalue weighted by atomic mass is 9.96. The normalized spacial score (nSPS) is 11.7. The zero-order valence-electron chi connectivity index (χ0n) is 40.0. The molecule has 21 heteroatoms. The number of ketones is 2. The van der Waals surface area contributed by atoms with Crippen LogP contribution in [0.1, 0.15) is 90.9 Å². The maximum Gasteiger partial charge on any atom is 0.222 e. The van der Waals surface area contributed by atoms with E-state index in [9.17, 15) is 28.8 Å². The van der Waals surface area contributed by atoms with Crippen LogP contribution in [0.4, 0.5) is 0 Å². The topological polar surface area (TPSA) is 302 Å². The van der Waals surface area contributed by atoms with Gasteiger partial charge in [0, 0.05) is 77.7 Å². The largest absolute Gasteiger partial charge is 0.400 e. The number of nitrogens with two attached hydrogens (primary N) is 2. The van der Waals surface area contributed by atoms with Crippen molar-refractivity contribution in [2.75, 3.05) is 146 Å². The van der Waals surface area contributed by atoms with Crippen molar-refractivity contribution in [2.45, 2.75) is 90.9 Å². The van der Waals surface area contributed by atoms with Gasteiger partial charge in [-0.15, -0.1) is 0 Å². The average molecular weight is 943 g/mol. The van der Waals surface area contributed by atoms with Gasteiger partial charge in [-0.1, -0.05) is 26.7 Å². The summed E-state index contributed by atoms with van der Waals surface area (Å²) < 4.78 is 49.2. The highest BCUT2D eigenvalue weighted by Crippen LogP contribution is 2.13. The molecule has 0 heterocycles. The van der Waals surface area contributed by atoms with Crippen LogP contribution in [-0.4, -0.2) is 192 Å². The SMILES string of the molecule is CC(CCCCNC(=O)CCOCCOCCOCCOCCOCCOCCOCCOCCOCCC(=O)NCCCCC(C)C(=O)CCC(N)=O)C(=O)CCC(N)=O.CO.CO. The molecule has 65 heavy (non-hydrogen) atoms. The van der Waals surface area contributed by atoms with Crippen LogP contribution < -0.4 is 22.1 Å². The van der Waals surface area contributed by atoms with Gasteiger partial charge in [0.15, 0.2) is 0 Å². The van der Waals surface area contributed by atoms with Crippen LogP contribution in [-0.2, 0) is 71.4 Å². The number of ether oxygens (including phenoxy) is 9. The van der Waals surface area contributed by atoms with Crippen LogP contribution in [0.5, 0.6) is 0 Å². The maximum atomic E-state index is 11.9. The van der Waals surface area contributed by atoms with E-state index >= 15 is 0 Å². The number of primary amides is 2. The van der Waals surface area contributed by atoms with Crippen molar-refractivity contribution in [2.24, 2.45) is 23.3 Å². The first-order valence-electron chi connectivity index (χ1n) is 22.8. The molecule has 0 aliphatic rings. The Bertz CT molecular complexity index is 1060. The van der Waals surface area contributed by atoms with Crippen molar-refractivity contribution in [1.82, 2.24) is 10.6 Å². The highest BCUT2D eigenvalue weighted by Gasteiger charge is 2.14. The molecule has 0 spiro atoms. The first kappa shape index (κ1) is 66.1. The lowest BCUT2D eigenvalue weighted by molar-refractivity contribution is -0.126. The molecule has 0 fully saturated rings. The predicted molar refractivity (Wildman–Crippen MR) is 242 cm³/mol. The fraction of sp³-hybridized carbons (Fsp3) is 0.864. The molecule has 4 amide bonds. The van der Waals surface area contributed by atoms with Gasteiger partial charge in [0.25, 0.3) is 0 Å². The van der Waals surface area contributed by atoms with E-state index in [0.29, 0.717) is 132 Å². The number of hydrogen-bond acceptors (Lipinski definition) is 17. The fourth-order valence-electron chi connectivity index (χ4n) is 5.28. The first-order chi connectivity index (χ1) is 31.5. The molecule has 0 saturated carbocycles. The van der Waals surface area contributed by atoms with Crippen molar-refractivity contribution < 1.29 is 81.6 Å². The second-order valence-corrected chi connectivity index (χ2v) is 14.4. The molecule has 0 aromatic carbocycles. The standard InChI is InChI=1S/C42H78N4O15.2CH4O/c1-35(37(47)9-11-39(43)49)7-3-5-15-45-41(51)13-17-53-19-21-55-23-25-57-27-29-59-31-33-61-34-32-60-30-28-58-26-24-56-22-20-54-18-14-42(52)46-16-6-4-8-36(2)38(48)10-12-40(44)50;2*1-2/h35-36H,3-34H2,1-2H3,(H2,43,49)(H2,44,50)(H,45,51)(H,46,52);2*2H,1H3. The van der Waals surface area contributed by atoms with Crippen LogP contribution in [0.3, 0.4) is 0 Å². The smallest absolute Gasteiger partial charge is 0.222 e. The highest BCUT2D eigenvalue weighted by molar-refractivity contribution is 5.86. The summed E-state index contributed by atoms with van der Waals surface area (Å²) in [6.45, 7) is 12.4. The molecule has 0 radical (unpaired) electrons. The maximum absolute atomic E-state index is 11.9. The summed E-state index contributed by atoms with van der Waals surface area (Å²) in [5, 5.41) is 19.7. The van der Waals surface area contributed by atoms with Gasteiger partial charge in [-0.25, -0.2) is 0 Å². The van der Waals surface area contributed by atoms with Gasteiger partial charge in [-0.2, -0.15) is 0 Å². The minimum absolute atomic E-state index is 0.0451. The summed E-state index contributed by atoms with van der Waals surface area (Å²) >= 11 is 0. The molecule has 2 atom stereocenters. The Morgan fingerprint density at radius 2 is 0.600 bits per heavy atom. The zero-order valence-corrected chi connectivity index (χ0v) is 40.0. The Morgan fingerprint density at radius 1 is 0.369 bits per heavy atom. The predicted octanol–water partition coefficient (Wildman–Crippen LogP) is 0.647. The molecule has 0 aliphatic carbocycles. The molecule has 8 N–H and O–H groups in total. The van der Waals surface area contributed by atoms with Crippen molar-refractivity contribution in [3.63, 3.8) is 0 Å². The van der Waals surface area contributed by atoms with Gasteiger partial charge >= 0.3 is 0 Å². The van der Waals surface area contributed by atoms with E-state index in [2.05, 4.69) is 10.6 Å². The monoisotopic (exact) mass is 943 g/mol. The van der Waals surface area contributed by atoms with Crippen molar-refractivity contribution >= 4 is 35.2 Å². The number of nitrogens with one attached hydrogen (secondary N) is 2. The van der Waals surface area contributed by atoms with Gasteiger partial charge in [0.05, 0.1) is 119 Å². The molecule has 0 saturated heterocycles. The Kier molecular flexibility index (Phi) is 54.3. The van der Waals surface area contributed by atoms with E-state index in [1.165, 1.54) is 0 Å². The van der Waals surface area contributed by atoms with E-state index in [0.717, 1.165) is 52.7 Å². The van der Waals surface area contributed by atoms with Crippen molar-refractivity contribution in [1.29, 1.82) is 0 Å². The summed E-state index contributed by atoms with van der Waals surface area (Å²) in [6, 6.07) is 0. The lowest BCUT2D eigenvalue weighted by Gasteiger charge is -2.10. The molecular weight excluding hydrogens is 856 g/mol. The van der Waals surface area contributed by atoms with Crippen LogP contribution >= 0.6 is 0 Å². The van der Waals surface area contributed by atoms with Gasteiger partial charge in [-0.3, -0.25) is 28.8 Å². The molecule has 384 valence electrons. The van der Waals surface area contributed by atoms with Gasteiger partial charge in [-0.05, 0) is 25.7 Å². The van der Waals surface area contributed by atoms with E-state index < -0.39 is 11.8 Å². The van der Waals surface area contributed by atoms with Crippen LogP contribution in [0.2, 0.25) is 0 Å². The quantitative estimate of drug-likeness (QED) is 0.0456. The second-order valence-electron chi connectivity index (χ2n) is 14.4. The summed E-state index contributed by atoms with van der Waals surface area (Å²) in [5.74, 6) is -1.23. The average Bonchev–Trinajstić information content (AvgIpc) is 3.30. The molecule has 0 aromatic heterocycles. The van der Waals surface area contributed by atoms with E-state index in [-0.39, 0.29) is 73.7 Å².